The number of hydrogen-bond donors (Lipinski definition) is 3. The Labute approximate surface area is 282 Å². The fraction of sp³-hybridized carbons (Fsp3) is 0.410. The van der Waals surface area contributed by atoms with E-state index in [-0.39, 0.29) is 36.8 Å². The number of hydrogen-bond acceptors (Lipinski definition) is 8. The summed E-state index contributed by atoms with van der Waals surface area (Å²) in [5.74, 6) is -2.18. The van der Waals surface area contributed by atoms with E-state index < -0.39 is 23.9 Å². The minimum absolute atomic E-state index is 0.165. The van der Waals surface area contributed by atoms with Gasteiger partial charge in [-0.25, -0.2) is 0 Å². The summed E-state index contributed by atoms with van der Waals surface area (Å²) in [6.07, 6.45) is 5.29. The molecule has 2 saturated heterocycles. The van der Waals surface area contributed by atoms with Gasteiger partial charge in [-0.15, -0.1) is 0 Å². The first kappa shape index (κ1) is 33.7. The molecule has 0 unspecified atom stereocenters. The van der Waals surface area contributed by atoms with E-state index in [1.54, 1.807) is 25.4 Å². The number of fused-ring (bicyclic) bond motifs is 1. The van der Waals surface area contributed by atoms with E-state index in [1.165, 1.54) is 10.5 Å². The van der Waals surface area contributed by atoms with Crippen molar-refractivity contribution in [2.45, 2.75) is 50.8 Å². The summed E-state index contributed by atoms with van der Waals surface area (Å²) < 4.78 is 5.54. The Hall–Kier alpha value is -4.15. The number of carbonyl (C=O) groups excluding carboxylic acids is 2. The maximum atomic E-state index is 14.1. The lowest BCUT2D eigenvalue weighted by Crippen LogP contribution is -2.47. The molecule has 0 saturated carbocycles. The molecule has 4 atom stereocenters. The number of ether oxygens (including phenoxy) is 1. The van der Waals surface area contributed by atoms with Gasteiger partial charge in [-0.1, -0.05) is 48.5 Å². The zero-order valence-electron chi connectivity index (χ0n) is 27.4. The van der Waals surface area contributed by atoms with Gasteiger partial charge < -0.3 is 20.1 Å². The van der Waals surface area contributed by atoms with Crippen molar-refractivity contribution in [3.63, 3.8) is 0 Å². The first-order valence-electron chi connectivity index (χ1n) is 16.9. The van der Waals surface area contributed by atoms with Crippen LogP contribution in [0.2, 0.25) is 0 Å². The number of imide groups is 1. The van der Waals surface area contributed by atoms with Gasteiger partial charge in [0.05, 0.1) is 36.8 Å². The molecular formula is C39H45N3O6. The molecule has 2 aliphatic heterocycles. The summed E-state index contributed by atoms with van der Waals surface area (Å²) in [7, 11) is 1.58. The number of rotatable bonds is 12. The van der Waals surface area contributed by atoms with Gasteiger partial charge in [-0.05, 0) is 90.3 Å². The van der Waals surface area contributed by atoms with Crippen LogP contribution in [0.4, 0.5) is 0 Å². The normalized spacial score (nSPS) is 23.1. The molecule has 9 nitrogen and oxygen atoms in total. The number of aromatic nitrogens is 1. The number of allylic oxidation sites excluding steroid dienone is 1. The highest BCUT2D eigenvalue weighted by atomic mass is 16.5. The molecule has 3 aliphatic rings. The Morgan fingerprint density at radius 2 is 1.73 bits per heavy atom. The molecule has 0 bridgehead atoms. The van der Waals surface area contributed by atoms with Crippen LogP contribution in [0.25, 0.3) is 11.6 Å². The molecule has 9 heteroatoms. The molecular weight excluding hydrogens is 606 g/mol. The number of likely N-dealkylation sites (tertiary alicyclic amines) is 2. The molecule has 3 aromatic rings. The molecule has 1 aliphatic carbocycles. The summed E-state index contributed by atoms with van der Waals surface area (Å²) in [5.41, 5.74) is 5.21. The Balaban J connectivity index is 1.19. The van der Waals surface area contributed by atoms with Crippen molar-refractivity contribution < 1.29 is 29.6 Å². The number of phenolic OH excluding ortho intramolecular Hbond substituents is 1. The highest BCUT2D eigenvalue weighted by molar-refractivity contribution is 6.06. The van der Waals surface area contributed by atoms with Crippen molar-refractivity contribution in [3.05, 3.63) is 107 Å². The second kappa shape index (κ2) is 15.4. The molecule has 0 radical (unpaired) electrons. The predicted octanol–water partition coefficient (Wildman–Crippen LogP) is 4.69. The van der Waals surface area contributed by atoms with E-state index in [4.69, 9.17) is 4.74 Å². The number of methoxy groups -OCH3 is 1. The number of nitrogens with zero attached hydrogens (tertiary/aromatic N) is 3. The Morgan fingerprint density at radius 1 is 1.00 bits per heavy atom. The van der Waals surface area contributed by atoms with Gasteiger partial charge in [0.2, 0.25) is 11.8 Å². The van der Waals surface area contributed by atoms with Crippen LogP contribution in [-0.2, 0) is 20.9 Å². The van der Waals surface area contributed by atoms with Gasteiger partial charge in [-0.2, -0.15) is 0 Å². The number of piperidine rings is 1. The number of amides is 2. The molecule has 2 aromatic carbocycles. The molecule has 2 fully saturated rings. The van der Waals surface area contributed by atoms with Crippen molar-refractivity contribution in [1.29, 1.82) is 0 Å². The number of pyridine rings is 1. The van der Waals surface area contributed by atoms with Crippen molar-refractivity contribution >= 4 is 23.5 Å². The number of benzene rings is 2. The van der Waals surface area contributed by atoms with Crippen molar-refractivity contribution in [2.75, 3.05) is 33.4 Å². The fourth-order valence-electron chi connectivity index (χ4n) is 7.87. The highest BCUT2D eigenvalue weighted by Crippen LogP contribution is 2.47. The van der Waals surface area contributed by atoms with Crippen molar-refractivity contribution in [2.24, 2.45) is 17.8 Å². The molecule has 1 aromatic heterocycles. The van der Waals surface area contributed by atoms with E-state index >= 15 is 0 Å². The zero-order valence-corrected chi connectivity index (χ0v) is 27.4. The lowest BCUT2D eigenvalue weighted by molar-refractivity contribution is -0.144. The average Bonchev–Trinajstić information content (AvgIpc) is 3.36. The summed E-state index contributed by atoms with van der Waals surface area (Å²) >= 11 is 0. The third kappa shape index (κ3) is 7.29. The van der Waals surface area contributed by atoms with Crippen LogP contribution in [0.15, 0.2) is 90.1 Å². The largest absolute Gasteiger partial charge is 0.508 e. The third-order valence-corrected chi connectivity index (χ3v) is 10.2. The maximum absolute atomic E-state index is 14.1. The number of aliphatic hydroxyl groups is 2. The fourth-order valence-corrected chi connectivity index (χ4v) is 7.87. The second-order valence-corrected chi connectivity index (χ2v) is 13.2. The van der Waals surface area contributed by atoms with Gasteiger partial charge in [0.1, 0.15) is 5.75 Å². The van der Waals surface area contributed by atoms with E-state index in [9.17, 15) is 24.9 Å². The molecule has 0 spiro atoms. The standard InChI is InChI=1S/C39H45N3O6/c1-48-25-29-22-32-37(39(47)42(38(32)46)30-16-19-41(20-17-30)23-27-7-3-2-4-8-27)33(24-43)36(29)35(45)15-12-28(34-9-5-6-18-40-34)21-26-10-13-31(44)14-11-26/h2-11,13-14,18,21,30,32-33,35,37,43-45H,12,15-17,19-20,22-25H2,1H3/b28-21-/t32-,33+,35-,37-/m1/s1. The molecule has 3 N–H and O–H groups in total. The van der Waals surface area contributed by atoms with Crippen LogP contribution >= 0.6 is 0 Å². The predicted molar refractivity (Wildman–Crippen MR) is 183 cm³/mol. The average molecular weight is 652 g/mol. The summed E-state index contributed by atoms with van der Waals surface area (Å²) in [6.45, 7) is 2.29. The quantitative estimate of drug-likeness (QED) is 0.191. The van der Waals surface area contributed by atoms with Gasteiger partial charge in [-0.3, -0.25) is 24.4 Å². The summed E-state index contributed by atoms with van der Waals surface area (Å²) in [4.78, 5) is 36.4. The lowest BCUT2D eigenvalue weighted by Gasteiger charge is -2.37. The molecule has 2 amide bonds. The number of aliphatic hydroxyl groups excluding tert-OH is 2. The second-order valence-electron chi connectivity index (χ2n) is 13.2. The third-order valence-electron chi connectivity index (χ3n) is 10.2. The van der Waals surface area contributed by atoms with Crippen molar-refractivity contribution in [3.8, 4) is 5.75 Å². The lowest BCUT2D eigenvalue weighted by atomic mass is 9.68. The van der Waals surface area contributed by atoms with Gasteiger partial charge in [0, 0.05) is 44.9 Å². The van der Waals surface area contributed by atoms with E-state index in [2.05, 4.69) is 22.0 Å². The Bertz CT molecular complexity index is 1620. The number of aromatic hydroxyl groups is 1. The maximum Gasteiger partial charge on any atom is 0.234 e. The molecule has 48 heavy (non-hydrogen) atoms. The van der Waals surface area contributed by atoms with Crippen LogP contribution in [0.1, 0.15) is 48.9 Å². The number of carbonyl (C=O) groups is 2. The van der Waals surface area contributed by atoms with Crippen LogP contribution in [0.3, 0.4) is 0 Å². The monoisotopic (exact) mass is 651 g/mol. The zero-order chi connectivity index (χ0) is 33.6. The minimum atomic E-state index is -0.960. The molecule has 6 rings (SSSR count). The van der Waals surface area contributed by atoms with Crippen LogP contribution in [0, 0.1) is 17.8 Å². The van der Waals surface area contributed by atoms with Gasteiger partial charge in [0.25, 0.3) is 0 Å². The molecule has 252 valence electrons. The number of phenols is 1. The van der Waals surface area contributed by atoms with E-state index in [0.29, 0.717) is 37.7 Å². The Morgan fingerprint density at radius 3 is 2.40 bits per heavy atom. The molecule has 3 heterocycles. The minimum Gasteiger partial charge on any atom is -0.508 e. The smallest absolute Gasteiger partial charge is 0.234 e. The van der Waals surface area contributed by atoms with Crippen molar-refractivity contribution in [1.82, 2.24) is 14.8 Å². The van der Waals surface area contributed by atoms with Crippen LogP contribution in [0.5, 0.6) is 5.75 Å². The Kier molecular flexibility index (Phi) is 10.8. The first-order chi connectivity index (χ1) is 23.4. The van der Waals surface area contributed by atoms with Crippen LogP contribution in [-0.4, -0.2) is 87.5 Å². The highest BCUT2D eigenvalue weighted by Gasteiger charge is 2.56. The summed E-state index contributed by atoms with van der Waals surface area (Å²) in [5, 5.41) is 32.3. The summed E-state index contributed by atoms with van der Waals surface area (Å²) in [6, 6.07) is 22.7. The van der Waals surface area contributed by atoms with E-state index in [0.717, 1.165) is 42.0 Å². The van der Waals surface area contributed by atoms with E-state index in [1.807, 2.05) is 54.6 Å². The SMILES string of the molecule is COCC1=C([C@H](O)CC/C(=C/c2ccc(O)cc2)c2ccccn2)[C@H](CO)[C@@H]2C(=O)N(C3CCN(Cc4ccccc4)CC3)C(=O)[C@@H]2C1. The van der Waals surface area contributed by atoms with Gasteiger partial charge in [0.15, 0.2) is 0 Å². The topological polar surface area (TPSA) is 123 Å². The van der Waals surface area contributed by atoms with Crippen LogP contribution < -0.4 is 0 Å². The first-order valence-corrected chi connectivity index (χ1v) is 16.9. The van der Waals surface area contributed by atoms with Gasteiger partial charge >= 0.3 is 0 Å².